The zero-order valence-corrected chi connectivity index (χ0v) is 20.2. The van der Waals surface area contributed by atoms with Crippen molar-refractivity contribution in [3.63, 3.8) is 0 Å². The van der Waals surface area contributed by atoms with Gasteiger partial charge in [0.15, 0.2) is 17.2 Å². The summed E-state index contributed by atoms with van der Waals surface area (Å²) in [4.78, 5) is 12.5. The number of amides is 1. The molecule has 0 bridgehead atoms. The molecule has 0 saturated heterocycles. The molecule has 0 aliphatic rings. The highest BCUT2D eigenvalue weighted by molar-refractivity contribution is 9.10. The summed E-state index contributed by atoms with van der Waals surface area (Å²) >= 11 is 3.33. The first kappa shape index (κ1) is 24.3. The van der Waals surface area contributed by atoms with E-state index in [1.165, 1.54) is 37.6 Å². The first-order valence-corrected chi connectivity index (χ1v) is 12.0. The molecule has 10 heteroatoms. The van der Waals surface area contributed by atoms with Gasteiger partial charge in [-0.25, -0.2) is 5.43 Å². The molecule has 3 aromatic carbocycles. The molecule has 0 unspecified atom stereocenters. The summed E-state index contributed by atoms with van der Waals surface area (Å²) in [7, 11) is -2.56. The van der Waals surface area contributed by atoms with Crippen LogP contribution in [0.25, 0.3) is 0 Å². The fourth-order valence-electron chi connectivity index (χ4n) is 2.76. The molecule has 1 N–H and O–H groups in total. The molecule has 0 atom stereocenters. The number of nitrogens with one attached hydrogen (secondary N) is 1. The van der Waals surface area contributed by atoms with E-state index in [1.54, 1.807) is 42.5 Å². The van der Waals surface area contributed by atoms with Crippen LogP contribution < -0.4 is 19.1 Å². The molecule has 8 nitrogen and oxygen atoms in total. The van der Waals surface area contributed by atoms with E-state index in [-0.39, 0.29) is 10.6 Å². The molecule has 172 valence electrons. The number of halogens is 1. The van der Waals surface area contributed by atoms with E-state index in [0.29, 0.717) is 33.7 Å². The van der Waals surface area contributed by atoms with Crippen molar-refractivity contribution in [1.29, 1.82) is 0 Å². The predicted molar refractivity (Wildman–Crippen MR) is 128 cm³/mol. The molecule has 0 saturated carbocycles. The lowest BCUT2D eigenvalue weighted by Gasteiger charge is -2.11. The Morgan fingerprint density at radius 2 is 1.76 bits per heavy atom. The third-order valence-corrected chi connectivity index (χ3v) is 6.04. The Balaban J connectivity index is 1.78. The average molecular weight is 533 g/mol. The van der Waals surface area contributed by atoms with Gasteiger partial charge in [0.05, 0.1) is 19.9 Å². The van der Waals surface area contributed by atoms with Gasteiger partial charge in [0, 0.05) is 15.6 Å². The number of carbonyl (C=O) groups excluding carboxylic acids is 1. The van der Waals surface area contributed by atoms with Gasteiger partial charge in [-0.3, -0.25) is 4.79 Å². The predicted octanol–water partition coefficient (Wildman–Crippen LogP) is 4.39. The highest BCUT2D eigenvalue weighted by Gasteiger charge is 2.18. The van der Waals surface area contributed by atoms with Crippen molar-refractivity contribution < 1.29 is 26.9 Å². The maximum atomic E-state index is 12.6. The minimum atomic E-state index is -4.04. The topological polar surface area (TPSA) is 103 Å². The minimum Gasteiger partial charge on any atom is -0.493 e. The number of methoxy groups -OCH3 is 1. The van der Waals surface area contributed by atoms with Gasteiger partial charge < -0.3 is 13.7 Å². The highest BCUT2D eigenvalue weighted by Crippen LogP contribution is 2.28. The Morgan fingerprint density at radius 1 is 1.03 bits per heavy atom. The van der Waals surface area contributed by atoms with E-state index in [2.05, 4.69) is 26.5 Å². The maximum Gasteiger partial charge on any atom is 0.339 e. The lowest BCUT2D eigenvalue weighted by atomic mass is 10.2. The Kier molecular flexibility index (Phi) is 8.07. The molecule has 3 aromatic rings. The van der Waals surface area contributed by atoms with Gasteiger partial charge in [-0.15, -0.1) is 0 Å². The molecule has 0 heterocycles. The first-order chi connectivity index (χ1) is 15.8. The third-order valence-electron chi connectivity index (χ3n) is 4.30. The Morgan fingerprint density at radius 3 is 2.45 bits per heavy atom. The van der Waals surface area contributed by atoms with Crippen LogP contribution in [0.5, 0.6) is 17.2 Å². The van der Waals surface area contributed by atoms with Crippen LogP contribution in [0.15, 0.2) is 81.2 Å². The van der Waals surface area contributed by atoms with Crippen LogP contribution in [0, 0.1) is 0 Å². The number of hydrazone groups is 1. The van der Waals surface area contributed by atoms with Gasteiger partial charge in [0.25, 0.3) is 5.91 Å². The number of ether oxygens (including phenoxy) is 2. The number of hydrogen-bond acceptors (Lipinski definition) is 7. The summed E-state index contributed by atoms with van der Waals surface area (Å²) < 4.78 is 41.8. The van der Waals surface area contributed by atoms with E-state index < -0.39 is 16.0 Å². The zero-order chi connectivity index (χ0) is 23.8. The number of carbonyl (C=O) groups is 1. The van der Waals surface area contributed by atoms with Crippen molar-refractivity contribution in [2.24, 2.45) is 5.10 Å². The second-order valence-corrected chi connectivity index (χ2v) is 8.99. The SMILES string of the molecule is CCOc1ccc(C(=O)N/N=C/c2cc(Br)ccc2OS(=O)(=O)c2ccccc2)cc1OC. The molecular formula is C23H21BrN2O6S. The van der Waals surface area contributed by atoms with Gasteiger partial charge in [-0.2, -0.15) is 13.5 Å². The monoisotopic (exact) mass is 532 g/mol. The van der Waals surface area contributed by atoms with Crippen LogP contribution in [-0.4, -0.2) is 34.3 Å². The number of benzene rings is 3. The largest absolute Gasteiger partial charge is 0.493 e. The second kappa shape index (κ2) is 11.0. The normalized spacial score (nSPS) is 11.2. The molecule has 33 heavy (non-hydrogen) atoms. The highest BCUT2D eigenvalue weighted by atomic mass is 79.9. The lowest BCUT2D eigenvalue weighted by Crippen LogP contribution is -2.18. The molecule has 0 spiro atoms. The van der Waals surface area contributed by atoms with Crippen molar-refractivity contribution in [2.75, 3.05) is 13.7 Å². The van der Waals surface area contributed by atoms with Crippen LogP contribution in [0.1, 0.15) is 22.8 Å². The summed E-state index contributed by atoms with van der Waals surface area (Å²) in [5.74, 6) is 0.516. The number of rotatable bonds is 9. The van der Waals surface area contributed by atoms with Crippen molar-refractivity contribution in [3.8, 4) is 17.2 Å². The lowest BCUT2D eigenvalue weighted by molar-refractivity contribution is 0.0954. The van der Waals surface area contributed by atoms with Crippen molar-refractivity contribution in [2.45, 2.75) is 11.8 Å². The Hall–Kier alpha value is -3.37. The molecule has 0 aromatic heterocycles. The minimum absolute atomic E-state index is 0.0218. The van der Waals surface area contributed by atoms with E-state index in [1.807, 2.05) is 6.92 Å². The standard InChI is InChI=1S/C23H21BrN2O6S/c1-3-31-21-11-9-16(14-22(21)30-2)23(27)26-25-15-17-13-18(24)10-12-20(17)32-33(28,29)19-7-5-4-6-8-19/h4-15H,3H2,1-2H3,(H,26,27)/b25-15+. The third kappa shape index (κ3) is 6.33. The zero-order valence-electron chi connectivity index (χ0n) is 17.8. The van der Waals surface area contributed by atoms with Crippen LogP contribution in [-0.2, 0) is 10.1 Å². The number of nitrogens with zero attached hydrogens (tertiary/aromatic N) is 1. The molecule has 3 rings (SSSR count). The second-order valence-electron chi connectivity index (χ2n) is 6.53. The smallest absolute Gasteiger partial charge is 0.339 e. The molecule has 0 fully saturated rings. The van der Waals surface area contributed by atoms with E-state index in [9.17, 15) is 13.2 Å². The van der Waals surface area contributed by atoms with Gasteiger partial charge in [0.1, 0.15) is 4.90 Å². The quantitative estimate of drug-likeness (QED) is 0.249. The van der Waals surface area contributed by atoms with Gasteiger partial charge in [-0.05, 0) is 55.5 Å². The Bertz CT molecular complexity index is 1260. The van der Waals surface area contributed by atoms with E-state index in [4.69, 9.17) is 13.7 Å². The van der Waals surface area contributed by atoms with Crippen LogP contribution >= 0.6 is 15.9 Å². The summed E-state index contributed by atoms with van der Waals surface area (Å²) in [6, 6.07) is 17.3. The average Bonchev–Trinajstić information content (AvgIpc) is 2.81. The Labute approximate surface area is 200 Å². The van der Waals surface area contributed by atoms with Crippen LogP contribution in [0.4, 0.5) is 0 Å². The van der Waals surface area contributed by atoms with Gasteiger partial charge in [0.2, 0.25) is 0 Å². The van der Waals surface area contributed by atoms with Crippen molar-refractivity contribution in [3.05, 3.63) is 82.3 Å². The van der Waals surface area contributed by atoms with E-state index >= 15 is 0 Å². The molecule has 0 aliphatic heterocycles. The van der Waals surface area contributed by atoms with Gasteiger partial charge >= 0.3 is 10.1 Å². The molecule has 0 aliphatic carbocycles. The van der Waals surface area contributed by atoms with Crippen LogP contribution in [0.3, 0.4) is 0 Å². The first-order valence-electron chi connectivity index (χ1n) is 9.77. The fraction of sp³-hybridized carbons (Fsp3) is 0.130. The number of hydrogen-bond donors (Lipinski definition) is 1. The molecule has 1 amide bonds. The van der Waals surface area contributed by atoms with Crippen molar-refractivity contribution in [1.82, 2.24) is 5.43 Å². The summed E-state index contributed by atoms with van der Waals surface area (Å²) in [6.45, 7) is 2.31. The molecular weight excluding hydrogens is 512 g/mol. The van der Waals surface area contributed by atoms with Crippen molar-refractivity contribution >= 4 is 38.2 Å². The summed E-state index contributed by atoms with van der Waals surface area (Å²) in [6.07, 6.45) is 1.30. The summed E-state index contributed by atoms with van der Waals surface area (Å²) in [5.41, 5.74) is 3.06. The van der Waals surface area contributed by atoms with E-state index in [0.717, 1.165) is 0 Å². The maximum absolute atomic E-state index is 12.6. The van der Waals surface area contributed by atoms with Crippen LogP contribution in [0.2, 0.25) is 0 Å². The fourth-order valence-corrected chi connectivity index (χ4v) is 4.11. The summed E-state index contributed by atoms with van der Waals surface area (Å²) in [5, 5.41) is 3.94. The van der Waals surface area contributed by atoms with Gasteiger partial charge in [-0.1, -0.05) is 34.1 Å². The molecule has 0 radical (unpaired) electrons.